The van der Waals surface area contributed by atoms with E-state index >= 15 is 0 Å². The van der Waals surface area contributed by atoms with E-state index in [1.54, 1.807) is 0 Å². The van der Waals surface area contributed by atoms with Crippen molar-refractivity contribution in [2.45, 2.75) is 37.6 Å². The van der Waals surface area contributed by atoms with Crippen LogP contribution in [0.5, 0.6) is 0 Å². The van der Waals surface area contributed by atoms with Gasteiger partial charge >= 0.3 is 5.97 Å². The van der Waals surface area contributed by atoms with Gasteiger partial charge < -0.3 is 21.5 Å². The first kappa shape index (κ1) is 14.4. The zero-order valence-electron chi connectivity index (χ0n) is 10.2. The van der Waals surface area contributed by atoms with E-state index in [1.165, 1.54) is 0 Å². The topological polar surface area (TPSA) is 122 Å². The third-order valence-electron chi connectivity index (χ3n) is 3.09. The van der Waals surface area contributed by atoms with E-state index < -0.39 is 17.4 Å². The van der Waals surface area contributed by atoms with E-state index in [1.807, 2.05) is 0 Å². The average Bonchev–Trinajstić information content (AvgIpc) is 2.73. The van der Waals surface area contributed by atoms with Crippen molar-refractivity contribution in [2.24, 2.45) is 5.73 Å². The van der Waals surface area contributed by atoms with Crippen LogP contribution in [0.3, 0.4) is 0 Å². The van der Waals surface area contributed by atoms with Gasteiger partial charge in [0.05, 0.1) is 25.0 Å². The second kappa shape index (κ2) is 6.34. The smallest absolute Gasteiger partial charge is 0.305 e. The first-order valence-electron chi connectivity index (χ1n) is 5.97. The van der Waals surface area contributed by atoms with Crippen LogP contribution in [0.4, 0.5) is 0 Å². The SMILES string of the molecule is NCC(=O)NCC(=O)NC1(CC(=O)O)CCCC1. The maximum Gasteiger partial charge on any atom is 0.305 e. The molecule has 0 unspecified atom stereocenters. The number of hydrogen-bond acceptors (Lipinski definition) is 4. The second-order valence-electron chi connectivity index (χ2n) is 4.59. The lowest BCUT2D eigenvalue weighted by atomic mass is 9.93. The molecule has 1 aliphatic rings. The summed E-state index contributed by atoms with van der Waals surface area (Å²) in [6, 6.07) is 0. The molecule has 5 N–H and O–H groups in total. The minimum atomic E-state index is -0.928. The van der Waals surface area contributed by atoms with Crippen molar-refractivity contribution >= 4 is 17.8 Å². The van der Waals surface area contributed by atoms with Gasteiger partial charge in [-0.05, 0) is 12.8 Å². The molecule has 7 heteroatoms. The van der Waals surface area contributed by atoms with E-state index in [4.69, 9.17) is 10.8 Å². The van der Waals surface area contributed by atoms with E-state index in [0.29, 0.717) is 12.8 Å². The number of hydrogen-bond donors (Lipinski definition) is 4. The van der Waals surface area contributed by atoms with Gasteiger partial charge in [0.15, 0.2) is 0 Å². The number of carboxylic acid groups (broad SMARTS) is 1. The van der Waals surface area contributed by atoms with Crippen molar-refractivity contribution in [2.75, 3.05) is 13.1 Å². The monoisotopic (exact) mass is 257 g/mol. The third-order valence-corrected chi connectivity index (χ3v) is 3.09. The van der Waals surface area contributed by atoms with Gasteiger partial charge in [-0.2, -0.15) is 0 Å². The molecule has 0 radical (unpaired) electrons. The molecule has 0 saturated heterocycles. The number of rotatable bonds is 6. The summed E-state index contributed by atoms with van der Waals surface area (Å²) in [6.45, 7) is -0.342. The number of aliphatic carboxylic acids is 1. The van der Waals surface area contributed by atoms with Crippen molar-refractivity contribution in [3.05, 3.63) is 0 Å². The highest BCUT2D eigenvalue weighted by Crippen LogP contribution is 2.32. The fourth-order valence-corrected chi connectivity index (χ4v) is 2.28. The quantitative estimate of drug-likeness (QED) is 0.484. The molecule has 0 aromatic rings. The first-order valence-corrected chi connectivity index (χ1v) is 5.97. The number of carbonyl (C=O) groups excluding carboxylic acids is 2. The molecule has 0 atom stereocenters. The molecule has 0 spiro atoms. The van der Waals surface area contributed by atoms with Crippen LogP contribution in [-0.4, -0.2) is 41.5 Å². The van der Waals surface area contributed by atoms with Gasteiger partial charge in [0, 0.05) is 0 Å². The molecule has 18 heavy (non-hydrogen) atoms. The number of amides is 2. The number of nitrogens with two attached hydrogens (primary N) is 1. The van der Waals surface area contributed by atoms with Crippen molar-refractivity contribution < 1.29 is 19.5 Å². The minimum absolute atomic E-state index is 0.0798. The third kappa shape index (κ3) is 4.33. The zero-order valence-corrected chi connectivity index (χ0v) is 10.2. The predicted molar refractivity (Wildman–Crippen MR) is 63.7 cm³/mol. The normalized spacial score (nSPS) is 17.2. The Morgan fingerprint density at radius 3 is 2.28 bits per heavy atom. The maximum atomic E-state index is 11.6. The summed E-state index contributed by atoms with van der Waals surface area (Å²) in [4.78, 5) is 33.4. The summed E-state index contributed by atoms with van der Waals surface area (Å²) in [5.74, 6) is -1.72. The summed E-state index contributed by atoms with van der Waals surface area (Å²) in [5.41, 5.74) is 4.44. The molecule has 7 nitrogen and oxygen atoms in total. The molecule has 1 saturated carbocycles. The zero-order chi connectivity index (χ0) is 13.6. The van der Waals surface area contributed by atoms with Crippen molar-refractivity contribution in [3.8, 4) is 0 Å². The van der Waals surface area contributed by atoms with Gasteiger partial charge in [-0.3, -0.25) is 14.4 Å². The van der Waals surface area contributed by atoms with E-state index in [0.717, 1.165) is 12.8 Å². The fraction of sp³-hybridized carbons (Fsp3) is 0.727. The summed E-state index contributed by atoms with van der Waals surface area (Å²) < 4.78 is 0. The van der Waals surface area contributed by atoms with Gasteiger partial charge in [0.1, 0.15) is 0 Å². The largest absolute Gasteiger partial charge is 0.481 e. The van der Waals surface area contributed by atoms with Gasteiger partial charge in [0.2, 0.25) is 11.8 Å². The molecule has 1 rings (SSSR count). The Bertz CT molecular complexity index is 337. The molecule has 1 aliphatic carbocycles. The molecular weight excluding hydrogens is 238 g/mol. The first-order chi connectivity index (χ1) is 8.47. The molecule has 0 aromatic heterocycles. The molecule has 0 aromatic carbocycles. The average molecular weight is 257 g/mol. The Morgan fingerprint density at radius 2 is 1.78 bits per heavy atom. The Kier molecular flexibility index (Phi) is 5.08. The van der Waals surface area contributed by atoms with E-state index in [2.05, 4.69) is 10.6 Å². The van der Waals surface area contributed by atoms with Crippen LogP contribution < -0.4 is 16.4 Å². The summed E-state index contributed by atoms with van der Waals surface area (Å²) >= 11 is 0. The molecule has 0 aliphatic heterocycles. The number of nitrogens with one attached hydrogen (secondary N) is 2. The van der Waals surface area contributed by atoms with Gasteiger partial charge in [-0.1, -0.05) is 12.8 Å². The van der Waals surface area contributed by atoms with Crippen LogP contribution in [-0.2, 0) is 14.4 Å². The summed E-state index contributed by atoms with van der Waals surface area (Å²) in [5, 5.41) is 14.0. The van der Waals surface area contributed by atoms with Crippen molar-refractivity contribution in [1.29, 1.82) is 0 Å². The maximum absolute atomic E-state index is 11.6. The lowest BCUT2D eigenvalue weighted by Crippen LogP contribution is -2.51. The van der Waals surface area contributed by atoms with Crippen LogP contribution in [0.15, 0.2) is 0 Å². The lowest BCUT2D eigenvalue weighted by molar-refractivity contribution is -0.139. The van der Waals surface area contributed by atoms with Gasteiger partial charge in [-0.25, -0.2) is 0 Å². The Balaban J connectivity index is 2.48. The fourth-order valence-electron chi connectivity index (χ4n) is 2.28. The Morgan fingerprint density at radius 1 is 1.17 bits per heavy atom. The molecule has 0 bridgehead atoms. The molecule has 2 amide bonds. The summed E-state index contributed by atoms with van der Waals surface area (Å²) in [6.07, 6.45) is 3.06. The highest BCUT2D eigenvalue weighted by molar-refractivity contribution is 5.86. The van der Waals surface area contributed by atoms with Crippen molar-refractivity contribution in [1.82, 2.24) is 10.6 Å². The Labute approximate surface area is 105 Å². The van der Waals surface area contributed by atoms with Gasteiger partial charge in [-0.15, -0.1) is 0 Å². The molecule has 102 valence electrons. The minimum Gasteiger partial charge on any atom is -0.481 e. The molecule has 1 fully saturated rings. The lowest BCUT2D eigenvalue weighted by Gasteiger charge is -2.28. The van der Waals surface area contributed by atoms with Crippen LogP contribution in [0.2, 0.25) is 0 Å². The van der Waals surface area contributed by atoms with E-state index in [-0.39, 0.29) is 25.4 Å². The number of carboxylic acids is 1. The van der Waals surface area contributed by atoms with Crippen LogP contribution in [0.25, 0.3) is 0 Å². The number of carbonyl (C=O) groups is 3. The van der Waals surface area contributed by atoms with Crippen LogP contribution in [0, 0.1) is 0 Å². The van der Waals surface area contributed by atoms with Crippen molar-refractivity contribution in [3.63, 3.8) is 0 Å². The van der Waals surface area contributed by atoms with Gasteiger partial charge in [0.25, 0.3) is 0 Å². The predicted octanol–water partition coefficient (Wildman–Crippen LogP) is -1.03. The standard InChI is InChI=1S/C11H19N3O4/c12-6-8(15)13-7-9(16)14-11(5-10(17)18)3-1-2-4-11/h1-7,12H2,(H,13,15)(H,14,16)(H,17,18). The van der Waals surface area contributed by atoms with Crippen LogP contribution >= 0.6 is 0 Å². The Hall–Kier alpha value is -1.63. The highest BCUT2D eigenvalue weighted by atomic mass is 16.4. The van der Waals surface area contributed by atoms with E-state index in [9.17, 15) is 14.4 Å². The molecule has 0 heterocycles. The summed E-state index contributed by atoms with van der Waals surface area (Å²) in [7, 11) is 0. The molecular formula is C11H19N3O4. The van der Waals surface area contributed by atoms with Crippen LogP contribution in [0.1, 0.15) is 32.1 Å². The second-order valence-corrected chi connectivity index (χ2v) is 4.59. The highest BCUT2D eigenvalue weighted by Gasteiger charge is 2.37.